The lowest BCUT2D eigenvalue weighted by atomic mass is 10.1. The second kappa shape index (κ2) is 5.95. The number of carbonyl (C=O) groups excluding carboxylic acids is 1. The Balaban J connectivity index is 2.07. The molecule has 1 heterocycles. The van der Waals surface area contributed by atoms with Gasteiger partial charge in [0.1, 0.15) is 0 Å². The Morgan fingerprint density at radius 1 is 1.48 bits per heavy atom. The van der Waals surface area contributed by atoms with Crippen LogP contribution in [-0.2, 0) is 7.05 Å². The van der Waals surface area contributed by atoms with Gasteiger partial charge in [-0.3, -0.25) is 19.6 Å². The first-order chi connectivity index (χ1) is 9.99. The van der Waals surface area contributed by atoms with Crippen LogP contribution in [0.5, 0.6) is 0 Å². The number of aryl methyl sites for hydroxylation is 2. The van der Waals surface area contributed by atoms with E-state index in [0.717, 1.165) is 5.69 Å². The van der Waals surface area contributed by atoms with Gasteiger partial charge in [-0.05, 0) is 25.1 Å². The van der Waals surface area contributed by atoms with Gasteiger partial charge in [0.25, 0.3) is 11.6 Å². The van der Waals surface area contributed by atoms with Crippen molar-refractivity contribution < 1.29 is 9.72 Å². The van der Waals surface area contributed by atoms with E-state index in [1.165, 1.54) is 24.4 Å². The number of rotatable bonds is 4. The molecule has 1 N–H and O–H groups in total. The summed E-state index contributed by atoms with van der Waals surface area (Å²) in [6, 6.07) is 5.88. The number of carbonyl (C=O) groups is 1. The number of amides is 1. The fourth-order valence-electron chi connectivity index (χ4n) is 1.73. The van der Waals surface area contributed by atoms with Crippen molar-refractivity contribution in [2.75, 3.05) is 0 Å². The lowest BCUT2D eigenvalue weighted by molar-refractivity contribution is -0.385. The Hall–Kier alpha value is -3.03. The predicted octanol–water partition coefficient (Wildman–Crippen LogP) is 1.40. The van der Waals surface area contributed by atoms with Crippen LogP contribution in [0.3, 0.4) is 0 Å². The molecule has 21 heavy (non-hydrogen) atoms. The van der Waals surface area contributed by atoms with E-state index in [9.17, 15) is 14.9 Å². The number of nitrogens with one attached hydrogen (secondary N) is 1. The van der Waals surface area contributed by atoms with Crippen molar-refractivity contribution >= 4 is 17.8 Å². The minimum Gasteiger partial charge on any atom is -0.267 e. The summed E-state index contributed by atoms with van der Waals surface area (Å²) in [6.07, 6.45) is 3.08. The van der Waals surface area contributed by atoms with Gasteiger partial charge < -0.3 is 0 Å². The zero-order chi connectivity index (χ0) is 15.4. The van der Waals surface area contributed by atoms with Crippen molar-refractivity contribution in [2.24, 2.45) is 12.1 Å². The normalized spacial score (nSPS) is 10.8. The average molecular weight is 287 g/mol. The standard InChI is InChI=1S/C13H13N5O3/c1-9-7-10(3-4-12(9)18(20)21)13(19)16-14-8-11-5-6-15-17(11)2/h3-8H,1-2H3,(H,16,19). The summed E-state index contributed by atoms with van der Waals surface area (Å²) in [5, 5.41) is 18.5. The number of nitro groups is 1. The van der Waals surface area contributed by atoms with E-state index < -0.39 is 10.8 Å². The highest BCUT2D eigenvalue weighted by atomic mass is 16.6. The summed E-state index contributed by atoms with van der Waals surface area (Å²) in [4.78, 5) is 22.1. The number of hydrogen-bond donors (Lipinski definition) is 1. The van der Waals surface area contributed by atoms with Crippen molar-refractivity contribution in [1.29, 1.82) is 0 Å². The first kappa shape index (κ1) is 14.4. The minimum absolute atomic E-state index is 0.0232. The number of nitrogens with zero attached hydrogens (tertiary/aromatic N) is 4. The molecule has 8 nitrogen and oxygen atoms in total. The molecule has 0 radical (unpaired) electrons. The molecule has 108 valence electrons. The molecule has 0 aliphatic carbocycles. The second-order valence-corrected chi connectivity index (χ2v) is 4.34. The Labute approximate surface area is 120 Å². The lowest BCUT2D eigenvalue weighted by Crippen LogP contribution is -2.18. The van der Waals surface area contributed by atoms with E-state index in [4.69, 9.17) is 0 Å². The first-order valence-electron chi connectivity index (χ1n) is 6.05. The van der Waals surface area contributed by atoms with Crippen LogP contribution >= 0.6 is 0 Å². The quantitative estimate of drug-likeness (QED) is 0.521. The largest absolute Gasteiger partial charge is 0.272 e. The molecule has 0 saturated carbocycles. The van der Waals surface area contributed by atoms with Gasteiger partial charge in [0.2, 0.25) is 0 Å². The number of benzene rings is 1. The van der Waals surface area contributed by atoms with Crippen molar-refractivity contribution in [3.8, 4) is 0 Å². The second-order valence-electron chi connectivity index (χ2n) is 4.34. The van der Waals surface area contributed by atoms with Crippen LogP contribution in [0.25, 0.3) is 0 Å². The zero-order valence-corrected chi connectivity index (χ0v) is 11.5. The molecular formula is C13H13N5O3. The average Bonchev–Trinajstić information content (AvgIpc) is 2.83. The molecule has 2 rings (SSSR count). The fraction of sp³-hybridized carbons (Fsp3) is 0.154. The van der Waals surface area contributed by atoms with Crippen molar-refractivity contribution in [2.45, 2.75) is 6.92 Å². The molecule has 0 spiro atoms. The van der Waals surface area contributed by atoms with Crippen LogP contribution in [0.4, 0.5) is 5.69 Å². The van der Waals surface area contributed by atoms with Crippen molar-refractivity contribution in [3.05, 3.63) is 57.4 Å². The van der Waals surface area contributed by atoms with Gasteiger partial charge in [-0.15, -0.1) is 0 Å². The van der Waals surface area contributed by atoms with Gasteiger partial charge in [-0.1, -0.05) is 0 Å². The van der Waals surface area contributed by atoms with Crippen LogP contribution in [-0.4, -0.2) is 26.8 Å². The monoisotopic (exact) mass is 287 g/mol. The lowest BCUT2D eigenvalue weighted by Gasteiger charge is -2.02. The maximum absolute atomic E-state index is 11.9. The highest BCUT2D eigenvalue weighted by Gasteiger charge is 2.13. The van der Waals surface area contributed by atoms with Crippen molar-refractivity contribution in [1.82, 2.24) is 15.2 Å². The highest BCUT2D eigenvalue weighted by molar-refractivity contribution is 5.95. The van der Waals surface area contributed by atoms with Crippen LogP contribution in [0.15, 0.2) is 35.6 Å². The predicted molar refractivity (Wildman–Crippen MR) is 76.1 cm³/mol. The molecule has 8 heteroatoms. The van der Waals surface area contributed by atoms with E-state index in [-0.39, 0.29) is 5.69 Å². The molecule has 0 atom stereocenters. The summed E-state index contributed by atoms with van der Waals surface area (Å²) >= 11 is 0. The molecule has 1 amide bonds. The zero-order valence-electron chi connectivity index (χ0n) is 11.5. The summed E-state index contributed by atoms with van der Waals surface area (Å²) < 4.78 is 1.60. The van der Waals surface area contributed by atoms with E-state index in [1.54, 1.807) is 30.9 Å². The Morgan fingerprint density at radius 3 is 2.81 bits per heavy atom. The number of hydrazone groups is 1. The Kier molecular flexibility index (Phi) is 4.07. The van der Waals surface area contributed by atoms with Crippen molar-refractivity contribution in [3.63, 3.8) is 0 Å². The molecule has 0 aliphatic rings. The van der Waals surface area contributed by atoms with E-state index in [1.807, 2.05) is 0 Å². The maximum atomic E-state index is 11.9. The van der Waals surface area contributed by atoms with Gasteiger partial charge in [0.05, 0.1) is 16.8 Å². The highest BCUT2D eigenvalue weighted by Crippen LogP contribution is 2.18. The van der Waals surface area contributed by atoms with Gasteiger partial charge in [0.15, 0.2) is 0 Å². The van der Waals surface area contributed by atoms with Gasteiger partial charge >= 0.3 is 0 Å². The van der Waals surface area contributed by atoms with Crippen LogP contribution in [0.2, 0.25) is 0 Å². The number of hydrogen-bond acceptors (Lipinski definition) is 5. The van der Waals surface area contributed by atoms with E-state index in [0.29, 0.717) is 11.1 Å². The number of nitro benzene ring substituents is 1. The molecule has 0 unspecified atom stereocenters. The third kappa shape index (κ3) is 3.30. The molecule has 0 fully saturated rings. The van der Waals surface area contributed by atoms with Crippen LogP contribution in [0.1, 0.15) is 21.6 Å². The SMILES string of the molecule is Cc1cc(C(=O)NN=Cc2ccnn2C)ccc1[N+](=O)[O-]. The van der Waals surface area contributed by atoms with Crippen LogP contribution in [0, 0.1) is 17.0 Å². The summed E-state index contributed by atoms with van der Waals surface area (Å²) in [5.41, 5.74) is 3.79. The molecule has 0 saturated heterocycles. The third-order valence-electron chi connectivity index (χ3n) is 2.88. The molecule has 1 aromatic heterocycles. The fourth-order valence-corrected chi connectivity index (χ4v) is 1.73. The first-order valence-corrected chi connectivity index (χ1v) is 6.05. The van der Waals surface area contributed by atoms with E-state index >= 15 is 0 Å². The Bertz CT molecular complexity index is 720. The van der Waals surface area contributed by atoms with Gasteiger partial charge in [-0.25, -0.2) is 5.43 Å². The van der Waals surface area contributed by atoms with Gasteiger partial charge in [0, 0.05) is 30.4 Å². The summed E-state index contributed by atoms with van der Waals surface area (Å²) in [7, 11) is 1.75. The molecule has 2 aromatic rings. The molecule has 0 aliphatic heterocycles. The molecule has 0 bridgehead atoms. The Morgan fingerprint density at radius 2 is 2.24 bits per heavy atom. The smallest absolute Gasteiger partial charge is 0.267 e. The number of aromatic nitrogens is 2. The minimum atomic E-state index is -0.489. The molecular weight excluding hydrogens is 274 g/mol. The molecule has 1 aromatic carbocycles. The summed E-state index contributed by atoms with van der Waals surface area (Å²) in [6.45, 7) is 1.58. The summed E-state index contributed by atoms with van der Waals surface area (Å²) in [5.74, 6) is -0.439. The van der Waals surface area contributed by atoms with E-state index in [2.05, 4.69) is 15.6 Å². The third-order valence-corrected chi connectivity index (χ3v) is 2.88. The maximum Gasteiger partial charge on any atom is 0.272 e. The van der Waals surface area contributed by atoms with Crippen LogP contribution < -0.4 is 5.43 Å². The topological polar surface area (TPSA) is 102 Å². The van der Waals surface area contributed by atoms with Gasteiger partial charge in [-0.2, -0.15) is 10.2 Å².